The first-order valence-electron chi connectivity index (χ1n) is 4.62. The second-order valence-corrected chi connectivity index (χ2v) is 7.22. The third-order valence-electron chi connectivity index (χ3n) is 2.23. The maximum absolute atomic E-state index is 11.2. The van der Waals surface area contributed by atoms with Crippen molar-refractivity contribution in [2.75, 3.05) is 11.5 Å². The quantitative estimate of drug-likeness (QED) is 0.823. The third kappa shape index (κ3) is 3.13. The highest BCUT2D eigenvalue weighted by atomic mass is 35.5. The molecule has 2 unspecified atom stereocenters. The molecule has 0 aliphatic carbocycles. The van der Waals surface area contributed by atoms with Gasteiger partial charge in [-0.3, -0.25) is 4.21 Å². The van der Waals surface area contributed by atoms with Gasteiger partial charge in [-0.1, -0.05) is 23.2 Å². The first-order valence-corrected chi connectivity index (χ1v) is 7.74. The van der Waals surface area contributed by atoms with E-state index in [0.717, 1.165) is 22.8 Å². The summed E-state index contributed by atoms with van der Waals surface area (Å²) in [7, 11) is -0.616. The summed E-state index contributed by atoms with van der Waals surface area (Å²) >= 11 is 13.5. The fourth-order valence-corrected chi connectivity index (χ4v) is 4.96. The number of thioether (sulfide) groups is 1. The fraction of sp³-hybridized carbons (Fsp3) is 0.400. The fourth-order valence-electron chi connectivity index (χ4n) is 1.47. The minimum Gasteiger partial charge on any atom is -0.260 e. The molecular weight excluding hydrogens is 271 g/mol. The van der Waals surface area contributed by atoms with Gasteiger partial charge in [-0.15, -0.1) is 11.8 Å². The van der Waals surface area contributed by atoms with Crippen LogP contribution in [0.3, 0.4) is 0 Å². The second-order valence-electron chi connectivity index (χ2n) is 3.42. The van der Waals surface area contributed by atoms with Gasteiger partial charge in [-0.25, -0.2) is 0 Å². The molecule has 1 aliphatic heterocycles. The van der Waals surface area contributed by atoms with Gasteiger partial charge in [0.25, 0.3) is 0 Å². The summed E-state index contributed by atoms with van der Waals surface area (Å²) in [5.74, 6) is 1.63. The summed E-state index contributed by atoms with van der Waals surface area (Å²) in [6, 6.07) is 5.63. The third-order valence-corrected chi connectivity index (χ3v) is 5.91. The Hall–Kier alpha value is 0.300. The van der Waals surface area contributed by atoms with Gasteiger partial charge < -0.3 is 0 Å². The van der Waals surface area contributed by atoms with E-state index in [1.165, 1.54) is 0 Å². The molecule has 1 aromatic carbocycles. The molecule has 1 aliphatic rings. The average molecular weight is 281 g/mol. The molecule has 2 atom stereocenters. The number of rotatable bonds is 2. The molecule has 0 bridgehead atoms. The molecule has 1 fully saturated rings. The van der Waals surface area contributed by atoms with E-state index in [0.29, 0.717) is 15.3 Å². The smallest absolute Gasteiger partial charge is 0.0603 e. The van der Waals surface area contributed by atoms with Crippen molar-refractivity contribution in [3.63, 3.8) is 0 Å². The predicted molar refractivity (Wildman–Crippen MR) is 68.6 cm³/mol. The van der Waals surface area contributed by atoms with Crippen molar-refractivity contribution < 1.29 is 4.21 Å². The lowest BCUT2D eigenvalue weighted by Crippen LogP contribution is -2.01. The van der Waals surface area contributed by atoms with Crippen LogP contribution in [0.2, 0.25) is 10.0 Å². The molecule has 0 radical (unpaired) electrons. The summed E-state index contributed by atoms with van der Waals surface area (Å²) in [5.41, 5.74) is 0. The number of halogens is 2. The zero-order valence-corrected chi connectivity index (χ0v) is 11.1. The molecule has 1 aromatic rings. The van der Waals surface area contributed by atoms with Crippen LogP contribution in [0.4, 0.5) is 0 Å². The van der Waals surface area contributed by atoms with E-state index in [9.17, 15) is 4.21 Å². The topological polar surface area (TPSA) is 17.1 Å². The molecule has 2 rings (SSSR count). The van der Waals surface area contributed by atoms with Crippen molar-refractivity contribution in [2.45, 2.75) is 16.6 Å². The van der Waals surface area contributed by atoms with Crippen LogP contribution >= 0.6 is 35.0 Å². The monoisotopic (exact) mass is 280 g/mol. The van der Waals surface area contributed by atoms with Gasteiger partial charge in [0.05, 0.1) is 10.0 Å². The normalized spacial score (nSPS) is 25.7. The van der Waals surface area contributed by atoms with Gasteiger partial charge in [-0.05, 0) is 24.6 Å². The van der Waals surface area contributed by atoms with E-state index in [2.05, 4.69) is 0 Å². The van der Waals surface area contributed by atoms with E-state index in [1.54, 1.807) is 17.8 Å². The number of hydrogen-bond donors (Lipinski definition) is 0. The van der Waals surface area contributed by atoms with Gasteiger partial charge in [0, 0.05) is 32.5 Å². The lowest BCUT2D eigenvalue weighted by atomic mass is 10.4. The van der Waals surface area contributed by atoms with Crippen LogP contribution in [-0.2, 0) is 10.8 Å². The summed E-state index contributed by atoms with van der Waals surface area (Å²) in [6.45, 7) is 0. The minimum atomic E-state index is -0.616. The Morgan fingerprint density at radius 2 is 2.13 bits per heavy atom. The first-order chi connectivity index (χ1) is 7.15. The largest absolute Gasteiger partial charge is 0.260 e. The minimum absolute atomic E-state index is 0.461. The van der Waals surface area contributed by atoms with Crippen LogP contribution in [-0.4, -0.2) is 21.0 Å². The van der Waals surface area contributed by atoms with E-state index in [4.69, 9.17) is 23.2 Å². The molecule has 15 heavy (non-hydrogen) atoms. The Morgan fingerprint density at radius 1 is 1.33 bits per heavy atom. The molecule has 0 N–H and O–H groups in total. The van der Waals surface area contributed by atoms with Crippen LogP contribution in [0.5, 0.6) is 0 Å². The molecule has 82 valence electrons. The number of benzene rings is 1. The van der Waals surface area contributed by atoms with E-state index >= 15 is 0 Å². The van der Waals surface area contributed by atoms with Gasteiger partial charge in [0.2, 0.25) is 0 Å². The summed E-state index contributed by atoms with van der Waals surface area (Å²) in [5, 5.41) is 1.62. The van der Waals surface area contributed by atoms with Gasteiger partial charge in [0.15, 0.2) is 0 Å². The van der Waals surface area contributed by atoms with Crippen molar-refractivity contribution in [3.05, 3.63) is 28.2 Å². The lowest BCUT2D eigenvalue weighted by molar-refractivity contribution is 0.687. The lowest BCUT2D eigenvalue weighted by Gasteiger charge is -2.08. The summed E-state index contributed by atoms with van der Waals surface area (Å²) in [6.07, 6.45) is 1.03. The molecule has 1 heterocycles. The maximum atomic E-state index is 11.2. The number of hydrogen-bond acceptors (Lipinski definition) is 2. The molecule has 0 amide bonds. The molecule has 1 saturated heterocycles. The van der Waals surface area contributed by atoms with Crippen molar-refractivity contribution in [1.82, 2.24) is 0 Å². The van der Waals surface area contributed by atoms with Crippen LogP contribution in [0, 0.1) is 0 Å². The van der Waals surface area contributed by atoms with Crippen LogP contribution in [0.1, 0.15) is 6.42 Å². The zero-order chi connectivity index (χ0) is 10.8. The molecular formula is C10H10Cl2OS2. The Labute approximate surface area is 106 Å². The predicted octanol–water partition coefficient (Wildman–Crippen LogP) is 3.61. The van der Waals surface area contributed by atoms with Crippen LogP contribution in [0.25, 0.3) is 0 Å². The van der Waals surface area contributed by atoms with Gasteiger partial charge >= 0.3 is 0 Å². The Balaban J connectivity index is 2.05. The average Bonchev–Trinajstić information content (AvgIpc) is 2.58. The molecule has 0 spiro atoms. The zero-order valence-electron chi connectivity index (χ0n) is 7.91. The maximum Gasteiger partial charge on any atom is 0.0603 e. The molecule has 1 nitrogen and oxygen atoms in total. The van der Waals surface area contributed by atoms with Crippen LogP contribution < -0.4 is 0 Å². The van der Waals surface area contributed by atoms with Crippen molar-refractivity contribution in [1.29, 1.82) is 0 Å². The van der Waals surface area contributed by atoms with E-state index < -0.39 is 10.8 Å². The summed E-state index contributed by atoms with van der Waals surface area (Å²) < 4.78 is 11.2. The van der Waals surface area contributed by atoms with E-state index in [1.807, 2.05) is 12.1 Å². The SMILES string of the molecule is O=S1CCC(Sc2ccc(Cl)c(Cl)c2)C1. The standard InChI is InChI=1S/C10H10Cl2OS2/c11-9-2-1-7(5-10(9)12)14-8-3-4-15(13)6-8/h1-2,5,8H,3-4,6H2. The molecule has 5 heteroatoms. The van der Waals surface area contributed by atoms with Crippen molar-refractivity contribution in [3.8, 4) is 0 Å². The Morgan fingerprint density at radius 3 is 2.73 bits per heavy atom. The molecule has 0 aromatic heterocycles. The summed E-state index contributed by atoms with van der Waals surface area (Å²) in [4.78, 5) is 1.10. The Bertz CT molecular complexity index is 395. The van der Waals surface area contributed by atoms with Crippen molar-refractivity contribution >= 4 is 45.8 Å². The Kier molecular flexibility index (Phi) is 3.99. The highest BCUT2D eigenvalue weighted by Crippen LogP contribution is 2.33. The molecule has 0 saturated carbocycles. The van der Waals surface area contributed by atoms with Crippen molar-refractivity contribution in [2.24, 2.45) is 0 Å². The van der Waals surface area contributed by atoms with Crippen LogP contribution in [0.15, 0.2) is 23.1 Å². The first kappa shape index (κ1) is 11.8. The van der Waals surface area contributed by atoms with E-state index in [-0.39, 0.29) is 0 Å². The highest BCUT2D eigenvalue weighted by molar-refractivity contribution is 8.01. The van der Waals surface area contributed by atoms with Gasteiger partial charge in [-0.2, -0.15) is 0 Å². The highest BCUT2D eigenvalue weighted by Gasteiger charge is 2.21. The van der Waals surface area contributed by atoms with Gasteiger partial charge in [0.1, 0.15) is 0 Å². The second kappa shape index (κ2) is 5.09.